The molecule has 0 spiro atoms. The van der Waals surface area contributed by atoms with Gasteiger partial charge >= 0.3 is 0 Å². The second kappa shape index (κ2) is 7.82. The van der Waals surface area contributed by atoms with Crippen LogP contribution in [0.25, 0.3) is 0 Å². The molecule has 1 aliphatic heterocycles. The summed E-state index contributed by atoms with van der Waals surface area (Å²) in [4.78, 5) is 11.9. The van der Waals surface area contributed by atoms with Crippen molar-refractivity contribution in [2.45, 2.75) is 38.2 Å². The predicted molar refractivity (Wildman–Crippen MR) is 72.8 cm³/mol. The van der Waals surface area contributed by atoms with E-state index in [0.29, 0.717) is 31.4 Å². The Bertz CT molecular complexity index is 280. The number of aliphatic hydroxyl groups is 1. The third-order valence-corrected chi connectivity index (χ3v) is 4.28. The van der Waals surface area contributed by atoms with Crippen LogP contribution in [0.1, 0.15) is 32.1 Å². The third kappa shape index (κ3) is 4.75. The van der Waals surface area contributed by atoms with Crippen LogP contribution in [-0.4, -0.2) is 50.0 Å². The summed E-state index contributed by atoms with van der Waals surface area (Å²) in [5, 5.41) is 15.6. The number of carbonyl (C=O) groups is 1. The van der Waals surface area contributed by atoms with Crippen LogP contribution in [0.4, 0.5) is 0 Å². The quantitative estimate of drug-likeness (QED) is 0.671. The van der Waals surface area contributed by atoms with Crippen molar-refractivity contribution in [2.75, 3.05) is 32.8 Å². The lowest BCUT2D eigenvalue weighted by atomic mass is 9.79. The first-order valence-corrected chi connectivity index (χ1v) is 7.49. The van der Waals surface area contributed by atoms with Crippen molar-refractivity contribution < 1.29 is 14.6 Å². The zero-order valence-corrected chi connectivity index (χ0v) is 11.6. The van der Waals surface area contributed by atoms with Gasteiger partial charge in [-0.3, -0.25) is 4.79 Å². The molecule has 0 aromatic rings. The number of morpholine rings is 1. The topological polar surface area (TPSA) is 70.6 Å². The minimum absolute atomic E-state index is 0.00810. The molecule has 2 aliphatic rings. The standard InChI is InChI=1S/C14H26N2O3/c17-10-12-4-2-1-3-11(12)8-16-14(18)7-13-9-15-5-6-19-13/h11-13,15,17H,1-10H2,(H,16,18). The van der Waals surface area contributed by atoms with Gasteiger partial charge in [0.1, 0.15) is 0 Å². The first-order valence-electron chi connectivity index (χ1n) is 7.49. The summed E-state index contributed by atoms with van der Waals surface area (Å²) in [6.45, 7) is 3.27. The largest absolute Gasteiger partial charge is 0.396 e. The Labute approximate surface area is 115 Å². The number of aliphatic hydroxyl groups excluding tert-OH is 1. The minimum Gasteiger partial charge on any atom is -0.396 e. The summed E-state index contributed by atoms with van der Waals surface area (Å²) in [5.41, 5.74) is 0. The first kappa shape index (κ1) is 14.8. The van der Waals surface area contributed by atoms with Gasteiger partial charge < -0.3 is 20.5 Å². The second-order valence-electron chi connectivity index (χ2n) is 5.69. The Hall–Kier alpha value is -0.650. The molecule has 3 N–H and O–H groups in total. The number of rotatable bonds is 5. The molecule has 0 radical (unpaired) electrons. The number of nitrogens with one attached hydrogen (secondary N) is 2. The fraction of sp³-hybridized carbons (Fsp3) is 0.929. The van der Waals surface area contributed by atoms with E-state index in [0.717, 1.165) is 25.9 Å². The molecule has 0 aromatic heterocycles. The molecule has 2 rings (SSSR count). The number of carbonyl (C=O) groups excluding carboxylic acids is 1. The molecule has 0 bridgehead atoms. The summed E-state index contributed by atoms with van der Waals surface area (Å²) in [6.07, 6.45) is 5.07. The molecule has 1 saturated heterocycles. The molecule has 19 heavy (non-hydrogen) atoms. The van der Waals surface area contributed by atoms with Crippen molar-refractivity contribution >= 4 is 5.91 Å². The van der Waals surface area contributed by atoms with Gasteiger partial charge in [-0.05, 0) is 24.7 Å². The summed E-state index contributed by atoms with van der Waals surface area (Å²) in [5.74, 6) is 0.866. The molecule has 1 aliphatic carbocycles. The van der Waals surface area contributed by atoms with Crippen molar-refractivity contribution in [3.05, 3.63) is 0 Å². The highest BCUT2D eigenvalue weighted by molar-refractivity contribution is 5.76. The molecule has 5 heteroatoms. The lowest BCUT2D eigenvalue weighted by Crippen LogP contribution is -2.42. The highest BCUT2D eigenvalue weighted by atomic mass is 16.5. The smallest absolute Gasteiger partial charge is 0.222 e. The maximum atomic E-state index is 11.9. The van der Waals surface area contributed by atoms with E-state index in [1.54, 1.807) is 0 Å². The van der Waals surface area contributed by atoms with Crippen molar-refractivity contribution in [3.63, 3.8) is 0 Å². The van der Waals surface area contributed by atoms with Crippen molar-refractivity contribution in [3.8, 4) is 0 Å². The maximum Gasteiger partial charge on any atom is 0.222 e. The molecule has 1 saturated carbocycles. The van der Waals surface area contributed by atoms with E-state index in [2.05, 4.69) is 10.6 Å². The van der Waals surface area contributed by atoms with E-state index in [1.165, 1.54) is 12.8 Å². The monoisotopic (exact) mass is 270 g/mol. The summed E-state index contributed by atoms with van der Waals surface area (Å²) >= 11 is 0. The Morgan fingerprint density at radius 1 is 1.32 bits per heavy atom. The van der Waals surface area contributed by atoms with E-state index in [1.807, 2.05) is 0 Å². The SMILES string of the molecule is O=C(CC1CNCCO1)NCC1CCCCC1CO. The zero-order valence-electron chi connectivity index (χ0n) is 11.6. The van der Waals surface area contributed by atoms with Crippen LogP contribution in [-0.2, 0) is 9.53 Å². The molecule has 110 valence electrons. The number of ether oxygens (including phenoxy) is 1. The second-order valence-corrected chi connectivity index (χ2v) is 5.69. The van der Waals surface area contributed by atoms with Crippen molar-refractivity contribution in [1.29, 1.82) is 0 Å². The van der Waals surface area contributed by atoms with Crippen LogP contribution in [0, 0.1) is 11.8 Å². The van der Waals surface area contributed by atoms with Gasteiger partial charge in [-0.25, -0.2) is 0 Å². The Kier molecular flexibility index (Phi) is 6.07. The van der Waals surface area contributed by atoms with Crippen LogP contribution >= 0.6 is 0 Å². The fourth-order valence-corrected chi connectivity index (χ4v) is 3.07. The van der Waals surface area contributed by atoms with Crippen LogP contribution in [0.2, 0.25) is 0 Å². The molecule has 1 amide bonds. The highest BCUT2D eigenvalue weighted by Gasteiger charge is 2.25. The molecule has 0 aromatic carbocycles. The summed E-state index contributed by atoms with van der Waals surface area (Å²) < 4.78 is 5.52. The van der Waals surface area contributed by atoms with Gasteiger partial charge in [0.15, 0.2) is 0 Å². The number of hydrogen-bond acceptors (Lipinski definition) is 4. The highest BCUT2D eigenvalue weighted by Crippen LogP contribution is 2.29. The molecule has 1 heterocycles. The molecule has 2 fully saturated rings. The van der Waals surface area contributed by atoms with Crippen LogP contribution in [0.5, 0.6) is 0 Å². The molecule has 5 nitrogen and oxygen atoms in total. The molecule has 3 unspecified atom stereocenters. The van der Waals surface area contributed by atoms with Gasteiger partial charge in [-0.15, -0.1) is 0 Å². The average molecular weight is 270 g/mol. The Morgan fingerprint density at radius 2 is 2.11 bits per heavy atom. The van der Waals surface area contributed by atoms with E-state index in [9.17, 15) is 9.90 Å². The normalized spacial score (nSPS) is 31.9. The van der Waals surface area contributed by atoms with E-state index >= 15 is 0 Å². The van der Waals surface area contributed by atoms with Gasteiger partial charge in [0.05, 0.1) is 19.1 Å². The maximum absolute atomic E-state index is 11.9. The predicted octanol–water partition coefficient (Wildman–Crippen LogP) is 0.280. The lowest BCUT2D eigenvalue weighted by Gasteiger charge is -2.30. The lowest BCUT2D eigenvalue weighted by molar-refractivity contribution is -0.124. The Morgan fingerprint density at radius 3 is 2.79 bits per heavy atom. The van der Waals surface area contributed by atoms with Gasteiger partial charge in [0.25, 0.3) is 0 Å². The molecular weight excluding hydrogens is 244 g/mol. The van der Waals surface area contributed by atoms with Crippen molar-refractivity contribution in [2.24, 2.45) is 11.8 Å². The first-order chi connectivity index (χ1) is 9.29. The van der Waals surface area contributed by atoms with Crippen molar-refractivity contribution in [1.82, 2.24) is 10.6 Å². The van der Waals surface area contributed by atoms with E-state index in [4.69, 9.17) is 4.74 Å². The van der Waals surface area contributed by atoms with Gasteiger partial charge in [0, 0.05) is 26.2 Å². The third-order valence-electron chi connectivity index (χ3n) is 4.28. The number of hydrogen-bond donors (Lipinski definition) is 3. The zero-order chi connectivity index (χ0) is 13.5. The minimum atomic E-state index is 0.00810. The molecular formula is C14H26N2O3. The van der Waals surface area contributed by atoms with Gasteiger partial charge in [0.2, 0.25) is 5.91 Å². The van der Waals surface area contributed by atoms with E-state index < -0.39 is 0 Å². The van der Waals surface area contributed by atoms with Crippen LogP contribution < -0.4 is 10.6 Å². The van der Waals surface area contributed by atoms with Crippen LogP contribution in [0.15, 0.2) is 0 Å². The summed E-state index contributed by atoms with van der Waals surface area (Å²) in [7, 11) is 0. The summed E-state index contributed by atoms with van der Waals surface area (Å²) in [6, 6.07) is 0. The average Bonchev–Trinajstić information content (AvgIpc) is 2.46. The Balaban J connectivity index is 1.67. The van der Waals surface area contributed by atoms with E-state index in [-0.39, 0.29) is 18.6 Å². The molecule has 3 atom stereocenters. The van der Waals surface area contributed by atoms with Gasteiger partial charge in [-0.2, -0.15) is 0 Å². The number of amides is 1. The van der Waals surface area contributed by atoms with Crippen LogP contribution in [0.3, 0.4) is 0 Å². The fourth-order valence-electron chi connectivity index (χ4n) is 3.07. The van der Waals surface area contributed by atoms with Gasteiger partial charge in [-0.1, -0.05) is 12.8 Å².